The maximum absolute atomic E-state index is 11.6. The zero-order valence-electron chi connectivity index (χ0n) is 11.0. The Morgan fingerprint density at radius 2 is 2.35 bits per heavy atom. The fourth-order valence-corrected chi connectivity index (χ4v) is 1.64. The molecule has 1 aromatic carbocycles. The summed E-state index contributed by atoms with van der Waals surface area (Å²) in [4.78, 5) is 15.6. The third kappa shape index (κ3) is 4.60. The maximum atomic E-state index is 11.6. The van der Waals surface area contributed by atoms with Gasteiger partial charge in [0.15, 0.2) is 6.61 Å². The second-order valence-corrected chi connectivity index (χ2v) is 4.25. The summed E-state index contributed by atoms with van der Waals surface area (Å²) >= 11 is 0. The van der Waals surface area contributed by atoms with Gasteiger partial charge in [0.1, 0.15) is 17.9 Å². The van der Waals surface area contributed by atoms with Gasteiger partial charge >= 0.3 is 0 Å². The van der Waals surface area contributed by atoms with E-state index in [1.54, 1.807) is 24.3 Å². The first-order valence-electron chi connectivity index (χ1n) is 6.33. The molecule has 1 aromatic heterocycles. The van der Waals surface area contributed by atoms with E-state index in [1.165, 1.54) is 6.33 Å². The van der Waals surface area contributed by atoms with E-state index in [-0.39, 0.29) is 12.5 Å². The average molecular weight is 275 g/mol. The van der Waals surface area contributed by atoms with Gasteiger partial charge in [-0.1, -0.05) is 6.07 Å². The number of rotatable bonds is 7. The normalized spacial score (nSPS) is 10.2. The fourth-order valence-electron chi connectivity index (χ4n) is 1.64. The first-order valence-corrected chi connectivity index (χ1v) is 6.33. The Hall–Kier alpha value is -2.57. The average Bonchev–Trinajstić information content (AvgIpc) is 2.95. The van der Waals surface area contributed by atoms with Crippen LogP contribution in [-0.2, 0) is 11.2 Å². The van der Waals surface area contributed by atoms with Gasteiger partial charge in [0.25, 0.3) is 5.91 Å². The van der Waals surface area contributed by atoms with Gasteiger partial charge in [0, 0.05) is 24.7 Å². The van der Waals surface area contributed by atoms with E-state index in [0.29, 0.717) is 18.0 Å². The number of H-pyrrole nitrogens is 1. The van der Waals surface area contributed by atoms with Crippen molar-refractivity contribution in [1.82, 2.24) is 20.5 Å². The highest BCUT2D eigenvalue weighted by Gasteiger charge is 2.03. The number of carbonyl (C=O) groups excluding carboxylic acids is 1. The molecule has 0 atom stereocenters. The van der Waals surface area contributed by atoms with Crippen LogP contribution in [0.4, 0.5) is 5.69 Å². The number of aromatic amines is 1. The van der Waals surface area contributed by atoms with Gasteiger partial charge in [0.2, 0.25) is 0 Å². The molecule has 0 spiro atoms. The van der Waals surface area contributed by atoms with Crippen LogP contribution in [0.3, 0.4) is 0 Å². The Labute approximate surface area is 116 Å². The van der Waals surface area contributed by atoms with Crippen molar-refractivity contribution in [2.24, 2.45) is 0 Å². The molecule has 2 aromatic rings. The molecule has 0 aliphatic carbocycles. The summed E-state index contributed by atoms with van der Waals surface area (Å²) in [5.41, 5.74) is 6.22. The van der Waals surface area contributed by atoms with Crippen LogP contribution in [0.5, 0.6) is 5.75 Å². The second-order valence-electron chi connectivity index (χ2n) is 4.25. The van der Waals surface area contributed by atoms with Crippen LogP contribution < -0.4 is 15.8 Å². The summed E-state index contributed by atoms with van der Waals surface area (Å²) in [6.07, 6.45) is 3.00. The molecule has 7 nitrogen and oxygen atoms in total. The van der Waals surface area contributed by atoms with Crippen LogP contribution in [0.1, 0.15) is 12.2 Å². The lowest BCUT2D eigenvalue weighted by atomic mass is 10.3. The molecule has 106 valence electrons. The first kappa shape index (κ1) is 13.9. The van der Waals surface area contributed by atoms with Crippen LogP contribution in [0, 0.1) is 0 Å². The van der Waals surface area contributed by atoms with Gasteiger partial charge in [-0.05, 0) is 18.6 Å². The third-order valence-corrected chi connectivity index (χ3v) is 2.61. The highest BCUT2D eigenvalue weighted by atomic mass is 16.5. The monoisotopic (exact) mass is 275 g/mol. The van der Waals surface area contributed by atoms with Crippen molar-refractivity contribution >= 4 is 11.6 Å². The Morgan fingerprint density at radius 3 is 3.10 bits per heavy atom. The molecule has 0 fully saturated rings. The van der Waals surface area contributed by atoms with Crippen molar-refractivity contribution in [3.8, 4) is 5.75 Å². The van der Waals surface area contributed by atoms with Crippen molar-refractivity contribution in [2.75, 3.05) is 18.9 Å². The number of ether oxygens (including phenoxy) is 1. The number of benzene rings is 1. The largest absolute Gasteiger partial charge is 0.484 e. The molecule has 7 heteroatoms. The lowest BCUT2D eigenvalue weighted by molar-refractivity contribution is -0.123. The molecular formula is C13H17N5O2. The van der Waals surface area contributed by atoms with Crippen molar-refractivity contribution in [3.63, 3.8) is 0 Å². The predicted octanol–water partition coefficient (Wildman–Crippen LogP) is 0.515. The molecule has 0 bridgehead atoms. The molecule has 1 heterocycles. The van der Waals surface area contributed by atoms with E-state index >= 15 is 0 Å². The summed E-state index contributed by atoms with van der Waals surface area (Å²) in [6, 6.07) is 6.97. The molecule has 1 amide bonds. The summed E-state index contributed by atoms with van der Waals surface area (Å²) in [6.45, 7) is 0.547. The molecule has 0 saturated carbocycles. The minimum atomic E-state index is -0.162. The van der Waals surface area contributed by atoms with Crippen LogP contribution in [0.25, 0.3) is 0 Å². The van der Waals surface area contributed by atoms with Gasteiger partial charge < -0.3 is 15.8 Å². The molecule has 0 unspecified atom stereocenters. The molecule has 0 saturated heterocycles. The fraction of sp³-hybridized carbons (Fsp3) is 0.308. The number of anilines is 1. The minimum absolute atomic E-state index is 0.0221. The molecular weight excluding hydrogens is 258 g/mol. The predicted molar refractivity (Wildman–Crippen MR) is 74.1 cm³/mol. The highest BCUT2D eigenvalue weighted by molar-refractivity contribution is 5.77. The standard InChI is InChI=1S/C13H17N5O2/c14-10-3-1-4-11(7-10)20-8-13(19)15-6-2-5-12-16-9-17-18-12/h1,3-4,7,9H,2,5-6,8,14H2,(H,15,19)(H,16,17,18). The molecule has 0 aliphatic rings. The van der Waals surface area contributed by atoms with E-state index < -0.39 is 0 Å². The Balaban J connectivity index is 1.61. The summed E-state index contributed by atoms with van der Waals surface area (Å²) < 4.78 is 5.33. The van der Waals surface area contributed by atoms with Crippen molar-refractivity contribution in [1.29, 1.82) is 0 Å². The van der Waals surface area contributed by atoms with E-state index in [9.17, 15) is 4.79 Å². The third-order valence-electron chi connectivity index (χ3n) is 2.61. The van der Waals surface area contributed by atoms with Crippen molar-refractivity contribution in [3.05, 3.63) is 36.4 Å². The Kier molecular flexibility index (Phi) is 4.94. The number of hydrogen-bond donors (Lipinski definition) is 3. The SMILES string of the molecule is Nc1cccc(OCC(=O)NCCCc2ncn[nH]2)c1. The number of nitrogens with zero attached hydrogens (tertiary/aromatic N) is 2. The van der Waals surface area contributed by atoms with E-state index in [1.807, 2.05) is 0 Å². The molecule has 2 rings (SSSR count). The van der Waals surface area contributed by atoms with Crippen LogP contribution in [0.2, 0.25) is 0 Å². The Bertz CT molecular complexity index is 541. The van der Waals surface area contributed by atoms with E-state index in [2.05, 4.69) is 20.5 Å². The van der Waals surface area contributed by atoms with Crippen LogP contribution in [-0.4, -0.2) is 34.2 Å². The molecule has 0 aliphatic heterocycles. The lowest BCUT2D eigenvalue weighted by Gasteiger charge is -2.07. The van der Waals surface area contributed by atoms with Crippen LogP contribution >= 0.6 is 0 Å². The highest BCUT2D eigenvalue weighted by Crippen LogP contribution is 2.13. The summed E-state index contributed by atoms with van der Waals surface area (Å²) in [7, 11) is 0. The minimum Gasteiger partial charge on any atom is -0.484 e. The zero-order valence-corrected chi connectivity index (χ0v) is 11.0. The smallest absolute Gasteiger partial charge is 0.257 e. The number of nitrogen functional groups attached to an aromatic ring is 1. The second kappa shape index (κ2) is 7.13. The number of nitrogens with one attached hydrogen (secondary N) is 2. The lowest BCUT2D eigenvalue weighted by Crippen LogP contribution is -2.29. The number of hydrogen-bond acceptors (Lipinski definition) is 5. The van der Waals surface area contributed by atoms with E-state index in [0.717, 1.165) is 18.7 Å². The van der Waals surface area contributed by atoms with Gasteiger partial charge in [-0.25, -0.2) is 4.98 Å². The number of carbonyl (C=O) groups is 1. The first-order chi connectivity index (χ1) is 9.74. The van der Waals surface area contributed by atoms with Crippen molar-refractivity contribution < 1.29 is 9.53 Å². The van der Waals surface area contributed by atoms with Gasteiger partial charge in [-0.15, -0.1) is 0 Å². The summed E-state index contributed by atoms with van der Waals surface area (Å²) in [5, 5.41) is 9.29. The zero-order chi connectivity index (χ0) is 14.2. The molecule has 4 N–H and O–H groups in total. The van der Waals surface area contributed by atoms with Gasteiger partial charge in [0.05, 0.1) is 0 Å². The molecule has 20 heavy (non-hydrogen) atoms. The molecule has 0 radical (unpaired) electrons. The maximum Gasteiger partial charge on any atom is 0.257 e. The number of amides is 1. The van der Waals surface area contributed by atoms with Crippen molar-refractivity contribution in [2.45, 2.75) is 12.8 Å². The quantitative estimate of drug-likeness (QED) is 0.504. The number of nitrogens with two attached hydrogens (primary N) is 1. The number of aromatic nitrogens is 3. The van der Waals surface area contributed by atoms with Crippen LogP contribution in [0.15, 0.2) is 30.6 Å². The van der Waals surface area contributed by atoms with Gasteiger partial charge in [-0.2, -0.15) is 5.10 Å². The number of aryl methyl sites for hydroxylation is 1. The Morgan fingerprint density at radius 1 is 1.45 bits per heavy atom. The topological polar surface area (TPSA) is 106 Å². The van der Waals surface area contributed by atoms with E-state index in [4.69, 9.17) is 10.5 Å². The summed E-state index contributed by atoms with van der Waals surface area (Å²) in [5.74, 6) is 1.24. The van der Waals surface area contributed by atoms with Gasteiger partial charge in [-0.3, -0.25) is 9.89 Å².